The molecule has 0 aliphatic carbocycles. The number of aryl methyl sites for hydroxylation is 1. The van der Waals surface area contributed by atoms with Crippen molar-refractivity contribution in [2.45, 2.75) is 19.4 Å². The van der Waals surface area contributed by atoms with Gasteiger partial charge in [0.15, 0.2) is 0 Å². The van der Waals surface area contributed by atoms with E-state index in [0.717, 1.165) is 0 Å². The van der Waals surface area contributed by atoms with E-state index < -0.39 is 17.9 Å². The van der Waals surface area contributed by atoms with E-state index in [0.29, 0.717) is 16.8 Å². The summed E-state index contributed by atoms with van der Waals surface area (Å²) in [7, 11) is 0. The summed E-state index contributed by atoms with van der Waals surface area (Å²) in [5.74, 6) is 0.449. The maximum absolute atomic E-state index is 12.0. The smallest absolute Gasteiger partial charge is 0.327 e. The second kappa shape index (κ2) is 5.40. The number of carboxylic acids is 1. The molecule has 0 saturated carbocycles. The number of rotatable bonds is 4. The number of nitrogens with one attached hydrogen (secondary N) is 1. The maximum atomic E-state index is 12.0. The number of pyridine rings is 1. The molecule has 7 heteroatoms. The van der Waals surface area contributed by atoms with Gasteiger partial charge in [0.1, 0.15) is 6.04 Å². The highest BCUT2D eigenvalue weighted by Gasteiger charge is 2.20. The average molecular weight is 273 g/mol. The lowest BCUT2D eigenvalue weighted by Crippen LogP contribution is -2.40. The number of amides is 1. The van der Waals surface area contributed by atoms with Gasteiger partial charge in [-0.2, -0.15) is 0 Å². The summed E-state index contributed by atoms with van der Waals surface area (Å²) in [4.78, 5) is 26.9. The molecule has 0 spiro atoms. The van der Waals surface area contributed by atoms with Gasteiger partial charge in [-0.05, 0) is 13.0 Å². The molecule has 1 atom stereocenters. The summed E-state index contributed by atoms with van der Waals surface area (Å²) in [6, 6.07) is 0.407. The molecular formula is C13H11N3O4. The van der Waals surface area contributed by atoms with Crippen molar-refractivity contribution in [3.05, 3.63) is 23.5 Å². The summed E-state index contributed by atoms with van der Waals surface area (Å²) in [6.45, 7) is 1.72. The lowest BCUT2D eigenvalue weighted by atomic mass is 10.1. The fraction of sp³-hybridized carbons (Fsp3) is 0.231. The Morgan fingerprint density at radius 1 is 1.60 bits per heavy atom. The molecule has 102 valence electrons. The minimum Gasteiger partial charge on any atom is -0.480 e. The van der Waals surface area contributed by atoms with Gasteiger partial charge in [-0.1, -0.05) is 5.16 Å². The number of nitrogens with zero attached hydrogens (tertiary/aromatic N) is 2. The molecule has 7 nitrogen and oxygen atoms in total. The van der Waals surface area contributed by atoms with E-state index in [1.165, 1.54) is 12.3 Å². The zero-order valence-corrected chi connectivity index (χ0v) is 10.6. The van der Waals surface area contributed by atoms with Crippen LogP contribution in [0.25, 0.3) is 11.1 Å². The molecule has 2 rings (SSSR count). The van der Waals surface area contributed by atoms with E-state index in [1.54, 1.807) is 6.92 Å². The van der Waals surface area contributed by atoms with Gasteiger partial charge in [0, 0.05) is 12.6 Å². The fourth-order valence-corrected chi connectivity index (χ4v) is 1.63. The van der Waals surface area contributed by atoms with Crippen molar-refractivity contribution in [3.63, 3.8) is 0 Å². The second-order valence-corrected chi connectivity index (χ2v) is 4.12. The molecule has 0 aliphatic rings. The lowest BCUT2D eigenvalue weighted by Gasteiger charge is -2.11. The van der Waals surface area contributed by atoms with Crippen LogP contribution in [-0.2, 0) is 4.79 Å². The van der Waals surface area contributed by atoms with Crippen molar-refractivity contribution in [2.75, 3.05) is 0 Å². The molecule has 0 radical (unpaired) electrons. The van der Waals surface area contributed by atoms with Crippen LogP contribution in [0.3, 0.4) is 0 Å². The van der Waals surface area contributed by atoms with Crippen molar-refractivity contribution in [1.29, 1.82) is 0 Å². The Labute approximate surface area is 114 Å². The Morgan fingerprint density at radius 3 is 3.00 bits per heavy atom. The fourth-order valence-electron chi connectivity index (χ4n) is 1.63. The third-order valence-electron chi connectivity index (χ3n) is 2.70. The highest BCUT2D eigenvalue weighted by atomic mass is 16.5. The number of hydrogen-bond donors (Lipinski definition) is 2. The van der Waals surface area contributed by atoms with Crippen molar-refractivity contribution >= 4 is 23.0 Å². The van der Waals surface area contributed by atoms with Gasteiger partial charge in [-0.3, -0.25) is 4.79 Å². The predicted molar refractivity (Wildman–Crippen MR) is 68.9 cm³/mol. The van der Waals surface area contributed by atoms with Gasteiger partial charge in [0.05, 0.1) is 16.6 Å². The Kier molecular flexibility index (Phi) is 3.66. The molecule has 0 saturated heterocycles. The number of terminal acetylenes is 1. The molecule has 1 unspecified atom stereocenters. The zero-order chi connectivity index (χ0) is 14.7. The maximum Gasteiger partial charge on any atom is 0.327 e. The standard InChI is InChI=1S/C13H11N3O4/c1-3-4-10(13(18)19)15-11(17)8-5-9-7(2)16-20-12(9)14-6-8/h1,5-6,10H,4H2,2H3,(H,15,17)(H,18,19). The summed E-state index contributed by atoms with van der Waals surface area (Å²) in [5.41, 5.74) is 1.13. The van der Waals surface area contributed by atoms with E-state index >= 15 is 0 Å². The van der Waals surface area contributed by atoms with Gasteiger partial charge in [0.2, 0.25) is 0 Å². The normalized spacial score (nSPS) is 11.8. The zero-order valence-electron chi connectivity index (χ0n) is 10.6. The number of fused-ring (bicyclic) bond motifs is 1. The quantitative estimate of drug-likeness (QED) is 0.796. The Balaban J connectivity index is 2.24. The van der Waals surface area contributed by atoms with Crippen molar-refractivity contribution in [2.24, 2.45) is 0 Å². The molecule has 2 aromatic rings. The van der Waals surface area contributed by atoms with Gasteiger partial charge in [-0.15, -0.1) is 12.3 Å². The molecule has 0 aliphatic heterocycles. The topological polar surface area (TPSA) is 105 Å². The van der Waals surface area contributed by atoms with Crippen LogP contribution in [0.15, 0.2) is 16.8 Å². The number of aliphatic carboxylic acids is 1. The van der Waals surface area contributed by atoms with Crippen LogP contribution < -0.4 is 5.32 Å². The lowest BCUT2D eigenvalue weighted by molar-refractivity contribution is -0.139. The molecule has 20 heavy (non-hydrogen) atoms. The van der Waals surface area contributed by atoms with Gasteiger partial charge in [0.25, 0.3) is 11.6 Å². The Bertz CT molecular complexity index is 714. The summed E-state index contributed by atoms with van der Waals surface area (Å²) in [5, 5.41) is 15.6. The molecular weight excluding hydrogens is 262 g/mol. The second-order valence-electron chi connectivity index (χ2n) is 4.12. The van der Waals surface area contributed by atoms with E-state index in [2.05, 4.69) is 21.4 Å². The van der Waals surface area contributed by atoms with Crippen LogP contribution >= 0.6 is 0 Å². The Hall–Kier alpha value is -2.88. The van der Waals surface area contributed by atoms with Crippen LogP contribution in [0, 0.1) is 19.3 Å². The summed E-state index contributed by atoms with van der Waals surface area (Å²) >= 11 is 0. The third kappa shape index (κ3) is 2.59. The third-order valence-corrected chi connectivity index (χ3v) is 2.70. The molecule has 2 aromatic heterocycles. The van der Waals surface area contributed by atoms with Crippen LogP contribution in [0.5, 0.6) is 0 Å². The van der Waals surface area contributed by atoms with Gasteiger partial charge < -0.3 is 14.9 Å². The van der Waals surface area contributed by atoms with Crippen LogP contribution in [-0.4, -0.2) is 33.2 Å². The highest BCUT2D eigenvalue weighted by Crippen LogP contribution is 2.16. The number of hydrogen-bond acceptors (Lipinski definition) is 5. The number of aromatic nitrogens is 2. The average Bonchev–Trinajstić information content (AvgIpc) is 2.79. The first kappa shape index (κ1) is 13.5. The monoisotopic (exact) mass is 273 g/mol. The molecule has 0 aromatic carbocycles. The number of carbonyl (C=O) groups is 2. The first-order chi connectivity index (χ1) is 9.52. The largest absolute Gasteiger partial charge is 0.480 e. The summed E-state index contributed by atoms with van der Waals surface area (Å²) < 4.78 is 4.93. The minimum absolute atomic E-state index is 0.0942. The predicted octanol–water partition coefficient (Wildman–Crippen LogP) is 0.738. The summed E-state index contributed by atoms with van der Waals surface area (Å²) in [6.07, 6.45) is 6.26. The van der Waals surface area contributed by atoms with Crippen molar-refractivity contribution in [1.82, 2.24) is 15.5 Å². The molecule has 0 fully saturated rings. The molecule has 2 heterocycles. The van der Waals surface area contributed by atoms with Gasteiger partial charge >= 0.3 is 5.97 Å². The van der Waals surface area contributed by atoms with Crippen LogP contribution in [0.4, 0.5) is 0 Å². The van der Waals surface area contributed by atoms with Crippen LogP contribution in [0.1, 0.15) is 22.5 Å². The first-order valence-corrected chi connectivity index (χ1v) is 5.72. The molecule has 2 N–H and O–H groups in total. The van der Waals surface area contributed by atoms with Crippen molar-refractivity contribution in [3.8, 4) is 12.3 Å². The van der Waals surface area contributed by atoms with E-state index in [-0.39, 0.29) is 12.0 Å². The molecule has 1 amide bonds. The first-order valence-electron chi connectivity index (χ1n) is 5.72. The SMILES string of the molecule is C#CCC(NC(=O)c1cnc2onc(C)c2c1)C(=O)O. The number of carboxylic acid groups (broad SMARTS) is 1. The van der Waals surface area contributed by atoms with Gasteiger partial charge in [-0.25, -0.2) is 9.78 Å². The molecule has 0 bridgehead atoms. The number of carbonyl (C=O) groups excluding carboxylic acids is 1. The van der Waals surface area contributed by atoms with E-state index in [9.17, 15) is 9.59 Å². The van der Waals surface area contributed by atoms with E-state index in [4.69, 9.17) is 16.1 Å². The Morgan fingerprint density at radius 2 is 2.35 bits per heavy atom. The highest BCUT2D eigenvalue weighted by molar-refractivity contribution is 5.98. The van der Waals surface area contributed by atoms with E-state index in [1.807, 2.05) is 0 Å². The minimum atomic E-state index is -1.19. The van der Waals surface area contributed by atoms with Crippen LogP contribution in [0.2, 0.25) is 0 Å². The van der Waals surface area contributed by atoms with Crippen molar-refractivity contribution < 1.29 is 19.2 Å².